The van der Waals surface area contributed by atoms with Crippen LogP contribution in [0.1, 0.15) is 18.1 Å². The Hall–Kier alpha value is -3.45. The Balaban J connectivity index is 1.50. The highest BCUT2D eigenvalue weighted by molar-refractivity contribution is 5.62. The molecule has 0 radical (unpaired) electrons. The zero-order chi connectivity index (χ0) is 19.3. The first-order valence-corrected chi connectivity index (χ1v) is 9.08. The minimum atomic E-state index is 0.451. The molecule has 0 aliphatic heterocycles. The van der Waals surface area contributed by atoms with Crippen LogP contribution < -0.4 is 5.32 Å². The number of nitrogens with one attached hydrogen (secondary N) is 1. The number of hydrogen-bond donors (Lipinski definition) is 1. The molecule has 4 aromatic rings. The Morgan fingerprint density at radius 2 is 2.00 bits per heavy atom. The van der Waals surface area contributed by atoms with Gasteiger partial charge in [0, 0.05) is 17.9 Å². The van der Waals surface area contributed by atoms with Gasteiger partial charge in [0.25, 0.3) is 6.01 Å². The number of anilines is 2. The minimum absolute atomic E-state index is 0.451. The molecular weight excluding hydrogens is 354 g/mol. The predicted molar refractivity (Wildman–Crippen MR) is 107 cm³/mol. The molecule has 142 valence electrons. The van der Waals surface area contributed by atoms with Crippen LogP contribution in [-0.2, 0) is 11.3 Å². The number of benzene rings is 2. The maximum Gasteiger partial charge on any atom is 0.299 e. The topological polar surface area (TPSA) is 78.0 Å². The van der Waals surface area contributed by atoms with E-state index in [1.807, 2.05) is 38.1 Å². The lowest BCUT2D eigenvalue weighted by molar-refractivity contribution is 0.134. The fourth-order valence-electron chi connectivity index (χ4n) is 2.81. The Labute approximate surface area is 163 Å². The summed E-state index contributed by atoms with van der Waals surface area (Å²) in [5.74, 6) is 0.691. The molecule has 28 heavy (non-hydrogen) atoms. The second kappa shape index (κ2) is 8.06. The number of rotatable bonds is 7. The van der Waals surface area contributed by atoms with E-state index >= 15 is 0 Å². The first kappa shape index (κ1) is 17.9. The van der Waals surface area contributed by atoms with Crippen molar-refractivity contribution in [2.24, 2.45) is 0 Å². The van der Waals surface area contributed by atoms with Gasteiger partial charge in [-0.2, -0.15) is 5.10 Å². The molecule has 4 rings (SSSR count). The number of nitrogens with zero attached hydrogens (tertiary/aromatic N) is 4. The van der Waals surface area contributed by atoms with Gasteiger partial charge in [-0.05, 0) is 55.3 Å². The van der Waals surface area contributed by atoms with Gasteiger partial charge in [-0.25, -0.2) is 14.6 Å². The van der Waals surface area contributed by atoms with E-state index in [1.54, 1.807) is 17.2 Å². The average Bonchev–Trinajstić information content (AvgIpc) is 3.41. The molecule has 2 heterocycles. The number of aryl methyl sites for hydroxylation is 1. The first-order chi connectivity index (χ1) is 13.7. The van der Waals surface area contributed by atoms with Crippen LogP contribution in [-0.4, -0.2) is 26.4 Å². The van der Waals surface area contributed by atoms with Gasteiger partial charge in [-0.15, -0.1) is 0 Å². The quantitative estimate of drug-likeness (QED) is 0.512. The van der Waals surface area contributed by atoms with Gasteiger partial charge in [0.1, 0.15) is 12.7 Å². The summed E-state index contributed by atoms with van der Waals surface area (Å²) in [4.78, 5) is 8.32. The molecule has 0 atom stereocenters. The number of oxazole rings is 1. The van der Waals surface area contributed by atoms with E-state index in [1.165, 1.54) is 6.33 Å². The first-order valence-electron chi connectivity index (χ1n) is 9.08. The molecule has 0 aliphatic carbocycles. The molecule has 0 fully saturated rings. The highest BCUT2D eigenvalue weighted by Gasteiger charge is 2.09. The second-order valence-electron chi connectivity index (χ2n) is 6.33. The molecule has 0 saturated heterocycles. The summed E-state index contributed by atoms with van der Waals surface area (Å²) in [7, 11) is 0. The van der Waals surface area contributed by atoms with Crippen LogP contribution in [0.25, 0.3) is 17.0 Å². The maximum atomic E-state index is 5.89. The molecule has 2 aromatic heterocycles. The molecular formula is C21H21N5O2. The van der Waals surface area contributed by atoms with Crippen LogP contribution >= 0.6 is 0 Å². The van der Waals surface area contributed by atoms with E-state index in [0.717, 1.165) is 28.1 Å². The summed E-state index contributed by atoms with van der Waals surface area (Å²) in [6.45, 7) is 5.30. The van der Waals surface area contributed by atoms with Crippen molar-refractivity contribution >= 4 is 11.7 Å². The summed E-state index contributed by atoms with van der Waals surface area (Å²) < 4.78 is 13.1. The Bertz CT molecular complexity index is 1040. The Morgan fingerprint density at radius 3 is 2.75 bits per heavy atom. The standard InChI is InChI=1S/C21H21N5O2/c1-3-27-12-16-5-4-15(2)19(10-16)25-21-23-11-20(28-21)17-6-8-18(9-7-17)26-14-22-13-24-26/h4-11,13-14H,3,12H2,1-2H3,(H,23,25). The van der Waals surface area contributed by atoms with Crippen molar-refractivity contribution in [3.63, 3.8) is 0 Å². The highest BCUT2D eigenvalue weighted by atomic mass is 16.5. The van der Waals surface area contributed by atoms with Crippen LogP contribution in [0, 0.1) is 6.92 Å². The molecule has 0 spiro atoms. The zero-order valence-electron chi connectivity index (χ0n) is 15.8. The third kappa shape index (κ3) is 3.94. The summed E-state index contributed by atoms with van der Waals surface area (Å²) in [5.41, 5.74) is 5.03. The largest absolute Gasteiger partial charge is 0.423 e. The molecule has 7 nitrogen and oxygen atoms in total. The van der Waals surface area contributed by atoms with E-state index in [4.69, 9.17) is 9.15 Å². The average molecular weight is 375 g/mol. The zero-order valence-corrected chi connectivity index (χ0v) is 15.8. The predicted octanol–water partition coefficient (Wildman–Crippen LogP) is 4.51. The van der Waals surface area contributed by atoms with E-state index in [9.17, 15) is 0 Å². The smallest absolute Gasteiger partial charge is 0.299 e. The fourth-order valence-corrected chi connectivity index (χ4v) is 2.81. The van der Waals surface area contributed by atoms with Gasteiger partial charge in [0.05, 0.1) is 18.5 Å². The molecule has 0 bridgehead atoms. The van der Waals surface area contributed by atoms with Gasteiger partial charge >= 0.3 is 0 Å². The molecule has 0 saturated carbocycles. The minimum Gasteiger partial charge on any atom is -0.423 e. The van der Waals surface area contributed by atoms with Gasteiger partial charge in [0.2, 0.25) is 0 Å². The third-order valence-corrected chi connectivity index (χ3v) is 4.36. The molecule has 1 N–H and O–H groups in total. The summed E-state index contributed by atoms with van der Waals surface area (Å²) in [6, 6.07) is 14.5. The second-order valence-corrected chi connectivity index (χ2v) is 6.33. The third-order valence-electron chi connectivity index (χ3n) is 4.36. The monoisotopic (exact) mass is 375 g/mol. The van der Waals surface area contributed by atoms with Crippen molar-refractivity contribution in [1.29, 1.82) is 0 Å². The van der Waals surface area contributed by atoms with Crippen molar-refractivity contribution in [2.45, 2.75) is 20.5 Å². The van der Waals surface area contributed by atoms with E-state index in [-0.39, 0.29) is 0 Å². The number of ether oxygens (including phenoxy) is 1. The number of aromatic nitrogens is 4. The van der Waals surface area contributed by atoms with Crippen molar-refractivity contribution in [1.82, 2.24) is 19.7 Å². The molecule has 0 unspecified atom stereocenters. The van der Waals surface area contributed by atoms with Gasteiger partial charge in [0.15, 0.2) is 5.76 Å². The Morgan fingerprint density at radius 1 is 1.14 bits per heavy atom. The van der Waals surface area contributed by atoms with Crippen molar-refractivity contribution in [2.75, 3.05) is 11.9 Å². The lowest BCUT2D eigenvalue weighted by atomic mass is 10.1. The molecule has 0 aliphatic rings. The molecule has 2 aromatic carbocycles. The highest BCUT2D eigenvalue weighted by Crippen LogP contribution is 2.27. The number of hydrogen-bond acceptors (Lipinski definition) is 6. The lowest BCUT2D eigenvalue weighted by Crippen LogP contribution is -1.97. The van der Waals surface area contributed by atoms with Crippen molar-refractivity contribution in [3.8, 4) is 17.0 Å². The van der Waals surface area contributed by atoms with E-state index < -0.39 is 0 Å². The van der Waals surface area contributed by atoms with Crippen LogP contribution in [0.2, 0.25) is 0 Å². The maximum absolute atomic E-state index is 5.89. The fraction of sp³-hybridized carbons (Fsp3) is 0.190. The van der Waals surface area contributed by atoms with Crippen LogP contribution in [0.5, 0.6) is 0 Å². The van der Waals surface area contributed by atoms with Crippen LogP contribution in [0.3, 0.4) is 0 Å². The normalized spacial score (nSPS) is 10.9. The Kier molecular flexibility index (Phi) is 5.16. The van der Waals surface area contributed by atoms with Gasteiger partial charge in [-0.3, -0.25) is 0 Å². The van der Waals surface area contributed by atoms with Crippen molar-refractivity contribution in [3.05, 3.63) is 72.4 Å². The summed E-state index contributed by atoms with van der Waals surface area (Å²) >= 11 is 0. The van der Waals surface area contributed by atoms with Gasteiger partial charge < -0.3 is 14.5 Å². The lowest BCUT2D eigenvalue weighted by Gasteiger charge is -2.09. The van der Waals surface area contributed by atoms with Crippen molar-refractivity contribution < 1.29 is 9.15 Å². The van der Waals surface area contributed by atoms with Crippen LogP contribution in [0.4, 0.5) is 11.7 Å². The van der Waals surface area contributed by atoms with Gasteiger partial charge in [-0.1, -0.05) is 12.1 Å². The molecule has 0 amide bonds. The SMILES string of the molecule is CCOCc1ccc(C)c(Nc2ncc(-c3ccc(-n4cncn4)cc3)o2)c1. The summed E-state index contributed by atoms with van der Waals surface area (Å²) in [5, 5.41) is 7.38. The van der Waals surface area contributed by atoms with E-state index in [2.05, 4.69) is 38.6 Å². The van der Waals surface area contributed by atoms with Crippen LogP contribution in [0.15, 0.2) is 65.7 Å². The van der Waals surface area contributed by atoms with E-state index in [0.29, 0.717) is 25.0 Å². The molecule has 7 heteroatoms. The summed E-state index contributed by atoms with van der Waals surface area (Å²) in [6.07, 6.45) is 4.88.